The average Bonchev–Trinajstić information content (AvgIpc) is 2.65. The molecule has 2 N–H and O–H groups in total. The molecule has 0 bridgehead atoms. The van der Waals surface area contributed by atoms with Crippen LogP contribution in [-0.4, -0.2) is 18.9 Å². The molecule has 0 saturated heterocycles. The van der Waals surface area contributed by atoms with Crippen molar-refractivity contribution in [1.82, 2.24) is 5.32 Å². The third-order valence-corrected chi connectivity index (χ3v) is 3.74. The molecule has 134 valence electrons. The van der Waals surface area contributed by atoms with Crippen LogP contribution in [0.2, 0.25) is 0 Å². The van der Waals surface area contributed by atoms with E-state index in [2.05, 4.69) is 10.6 Å². The van der Waals surface area contributed by atoms with Gasteiger partial charge < -0.3 is 15.4 Å². The van der Waals surface area contributed by atoms with Crippen molar-refractivity contribution in [2.75, 3.05) is 12.4 Å². The number of hydrogen-bond acceptors (Lipinski definition) is 4. The highest BCUT2D eigenvalue weighted by molar-refractivity contribution is 5.92. The topological polar surface area (TPSA) is 91.2 Å². The third kappa shape index (κ3) is 6.29. The van der Waals surface area contributed by atoms with Crippen LogP contribution in [0.25, 0.3) is 0 Å². The number of carbonyl (C=O) groups excluding carboxylic acids is 2. The number of ether oxygens (including phenoxy) is 1. The zero-order valence-electron chi connectivity index (χ0n) is 14.6. The van der Waals surface area contributed by atoms with E-state index in [1.54, 1.807) is 31.4 Å². The summed E-state index contributed by atoms with van der Waals surface area (Å²) in [7, 11) is 1.62. The van der Waals surface area contributed by atoms with E-state index in [0.717, 1.165) is 16.9 Å². The predicted molar refractivity (Wildman–Crippen MR) is 98.5 cm³/mol. The highest BCUT2D eigenvalue weighted by atomic mass is 16.5. The van der Waals surface area contributed by atoms with E-state index in [1.807, 2.05) is 30.3 Å². The molecule has 2 aromatic rings. The van der Waals surface area contributed by atoms with Gasteiger partial charge in [0.15, 0.2) is 0 Å². The van der Waals surface area contributed by atoms with E-state index < -0.39 is 0 Å². The number of aryl methyl sites for hydroxylation is 1. The van der Waals surface area contributed by atoms with Crippen molar-refractivity contribution in [1.29, 1.82) is 5.26 Å². The van der Waals surface area contributed by atoms with E-state index in [0.29, 0.717) is 25.1 Å². The molecule has 0 fully saturated rings. The first-order valence-corrected chi connectivity index (χ1v) is 8.26. The van der Waals surface area contributed by atoms with Crippen molar-refractivity contribution in [3.63, 3.8) is 0 Å². The number of amides is 2. The molecule has 0 spiro atoms. The van der Waals surface area contributed by atoms with Gasteiger partial charge in [-0.25, -0.2) is 0 Å². The summed E-state index contributed by atoms with van der Waals surface area (Å²) in [6, 6.07) is 16.6. The predicted octanol–water partition coefficient (Wildman–Crippen LogP) is 2.80. The van der Waals surface area contributed by atoms with Gasteiger partial charge >= 0.3 is 0 Å². The van der Waals surface area contributed by atoms with Gasteiger partial charge in [0.25, 0.3) is 0 Å². The summed E-state index contributed by atoms with van der Waals surface area (Å²) in [5.41, 5.74) is 2.55. The molecule has 2 amide bonds. The molecule has 0 aliphatic carbocycles. The number of carbonyl (C=O) groups is 2. The molecule has 0 saturated carbocycles. The van der Waals surface area contributed by atoms with Crippen LogP contribution in [0.15, 0.2) is 48.5 Å². The van der Waals surface area contributed by atoms with Crippen LogP contribution in [-0.2, 0) is 22.6 Å². The van der Waals surface area contributed by atoms with Crippen molar-refractivity contribution in [2.45, 2.75) is 25.8 Å². The summed E-state index contributed by atoms with van der Waals surface area (Å²) in [4.78, 5) is 23.5. The lowest BCUT2D eigenvalue weighted by atomic mass is 10.1. The highest BCUT2D eigenvalue weighted by Gasteiger charge is 2.05. The van der Waals surface area contributed by atoms with Crippen LogP contribution in [0.1, 0.15) is 24.0 Å². The van der Waals surface area contributed by atoms with Gasteiger partial charge in [-0.1, -0.05) is 24.3 Å². The third-order valence-electron chi connectivity index (χ3n) is 3.74. The van der Waals surface area contributed by atoms with Crippen LogP contribution in [0.4, 0.5) is 5.69 Å². The lowest BCUT2D eigenvalue weighted by Crippen LogP contribution is -2.23. The maximum Gasteiger partial charge on any atom is 0.238 e. The fourth-order valence-corrected chi connectivity index (χ4v) is 2.38. The second-order valence-electron chi connectivity index (χ2n) is 5.71. The van der Waals surface area contributed by atoms with E-state index >= 15 is 0 Å². The summed E-state index contributed by atoms with van der Waals surface area (Å²) in [5.74, 6) is 0.396. The van der Waals surface area contributed by atoms with E-state index in [1.165, 1.54) is 0 Å². The first-order chi connectivity index (χ1) is 12.6. The number of benzene rings is 2. The maximum absolute atomic E-state index is 12.0. The number of rotatable bonds is 8. The molecule has 0 unspecified atom stereocenters. The number of anilines is 1. The Hall–Kier alpha value is -3.33. The Morgan fingerprint density at radius 3 is 2.54 bits per heavy atom. The second kappa shape index (κ2) is 9.84. The molecule has 0 atom stereocenters. The number of nitriles is 1. The number of nitrogens with zero attached hydrogens (tertiary/aromatic N) is 1. The summed E-state index contributed by atoms with van der Waals surface area (Å²) in [6.45, 7) is 0.378. The van der Waals surface area contributed by atoms with Crippen molar-refractivity contribution in [3.05, 3.63) is 59.7 Å². The maximum atomic E-state index is 12.0. The lowest BCUT2D eigenvalue weighted by molar-refractivity contribution is -0.121. The molecule has 26 heavy (non-hydrogen) atoms. The molecule has 0 aliphatic heterocycles. The molecule has 2 rings (SSSR count). The quantitative estimate of drug-likeness (QED) is 0.765. The van der Waals surface area contributed by atoms with Gasteiger partial charge in [-0.3, -0.25) is 9.59 Å². The second-order valence-corrected chi connectivity index (χ2v) is 5.71. The number of hydrogen-bond donors (Lipinski definition) is 2. The first-order valence-electron chi connectivity index (χ1n) is 8.26. The highest BCUT2D eigenvalue weighted by Crippen LogP contribution is 2.13. The van der Waals surface area contributed by atoms with Gasteiger partial charge in [0.2, 0.25) is 11.8 Å². The van der Waals surface area contributed by atoms with Gasteiger partial charge in [0.1, 0.15) is 12.2 Å². The fraction of sp³-hybridized carbons (Fsp3) is 0.250. The van der Waals surface area contributed by atoms with Gasteiger partial charge in [0.05, 0.1) is 13.2 Å². The number of methoxy groups -OCH3 is 1. The van der Waals surface area contributed by atoms with Crippen LogP contribution >= 0.6 is 0 Å². The Morgan fingerprint density at radius 2 is 1.85 bits per heavy atom. The average molecular weight is 351 g/mol. The summed E-state index contributed by atoms with van der Waals surface area (Å²) in [5, 5.41) is 14.0. The van der Waals surface area contributed by atoms with Crippen LogP contribution in [0, 0.1) is 11.3 Å². The zero-order valence-corrected chi connectivity index (χ0v) is 14.6. The van der Waals surface area contributed by atoms with Crippen molar-refractivity contribution < 1.29 is 14.3 Å². The summed E-state index contributed by atoms with van der Waals surface area (Å²) >= 11 is 0. The Balaban J connectivity index is 1.79. The molecular weight excluding hydrogens is 330 g/mol. The van der Waals surface area contributed by atoms with Gasteiger partial charge in [-0.15, -0.1) is 0 Å². The standard InChI is InChI=1S/C20H21N3O3/c1-26-18-8-5-15(6-9-18)7-10-19(24)22-14-16-3-2-4-17(13-16)23-20(25)11-12-21/h2-6,8-9,13H,7,10-11,14H2,1H3,(H,22,24)(H,23,25). The Bertz CT molecular complexity index is 795. The van der Waals surface area contributed by atoms with Crippen molar-refractivity contribution in [3.8, 4) is 11.8 Å². The Kier molecular flexibility index (Phi) is 7.19. The van der Waals surface area contributed by atoms with Crippen molar-refractivity contribution in [2.24, 2.45) is 0 Å². The van der Waals surface area contributed by atoms with Crippen LogP contribution in [0.3, 0.4) is 0 Å². The zero-order chi connectivity index (χ0) is 18.8. The van der Waals surface area contributed by atoms with Crippen LogP contribution < -0.4 is 15.4 Å². The SMILES string of the molecule is COc1ccc(CCC(=O)NCc2cccc(NC(=O)CC#N)c2)cc1. The molecular formula is C20H21N3O3. The largest absolute Gasteiger partial charge is 0.497 e. The molecule has 0 aliphatic rings. The summed E-state index contributed by atoms with van der Waals surface area (Å²) < 4.78 is 5.11. The molecule has 0 aromatic heterocycles. The van der Waals surface area contributed by atoms with E-state index in [4.69, 9.17) is 10.00 Å². The Labute approximate surface area is 152 Å². The van der Waals surface area contributed by atoms with E-state index in [-0.39, 0.29) is 18.2 Å². The fourth-order valence-electron chi connectivity index (χ4n) is 2.38. The smallest absolute Gasteiger partial charge is 0.238 e. The van der Waals surface area contributed by atoms with Gasteiger partial charge in [0, 0.05) is 18.7 Å². The first kappa shape index (κ1) is 19.0. The van der Waals surface area contributed by atoms with Crippen molar-refractivity contribution >= 4 is 17.5 Å². The minimum atomic E-state index is -0.354. The minimum Gasteiger partial charge on any atom is -0.497 e. The van der Waals surface area contributed by atoms with Gasteiger partial charge in [-0.2, -0.15) is 5.26 Å². The van der Waals surface area contributed by atoms with E-state index in [9.17, 15) is 9.59 Å². The molecule has 0 radical (unpaired) electrons. The van der Waals surface area contributed by atoms with Gasteiger partial charge in [-0.05, 0) is 41.8 Å². The molecule has 6 nitrogen and oxygen atoms in total. The monoisotopic (exact) mass is 351 g/mol. The lowest BCUT2D eigenvalue weighted by Gasteiger charge is -2.08. The molecule has 0 heterocycles. The number of nitrogens with one attached hydrogen (secondary N) is 2. The summed E-state index contributed by atoms with van der Waals surface area (Å²) in [6.07, 6.45) is 0.858. The van der Waals surface area contributed by atoms with Crippen LogP contribution in [0.5, 0.6) is 5.75 Å². The minimum absolute atomic E-state index is 0.0419. The molecule has 6 heteroatoms. The normalized spacial score (nSPS) is 9.85. The molecule has 2 aromatic carbocycles. The Morgan fingerprint density at radius 1 is 1.08 bits per heavy atom.